The van der Waals surface area contributed by atoms with Crippen molar-refractivity contribution in [2.75, 3.05) is 14.1 Å². The van der Waals surface area contributed by atoms with E-state index in [-0.39, 0.29) is 5.54 Å². The summed E-state index contributed by atoms with van der Waals surface area (Å²) in [5.74, 6) is 0. The molecule has 1 unspecified atom stereocenters. The van der Waals surface area contributed by atoms with Crippen LogP contribution in [0.5, 0.6) is 0 Å². The summed E-state index contributed by atoms with van der Waals surface area (Å²) >= 11 is 0. The van der Waals surface area contributed by atoms with Gasteiger partial charge in [-0.15, -0.1) is 0 Å². The third-order valence-electron chi connectivity index (χ3n) is 4.58. The van der Waals surface area contributed by atoms with E-state index in [0.29, 0.717) is 0 Å². The van der Waals surface area contributed by atoms with Crippen molar-refractivity contribution in [1.29, 1.82) is 0 Å². The molecule has 4 heteroatoms. The summed E-state index contributed by atoms with van der Waals surface area (Å²) in [5, 5.41) is 15.3. The van der Waals surface area contributed by atoms with Gasteiger partial charge in [-0.3, -0.25) is 4.68 Å². The van der Waals surface area contributed by atoms with Gasteiger partial charge in [-0.1, -0.05) is 26.2 Å². The van der Waals surface area contributed by atoms with Gasteiger partial charge in [-0.05, 0) is 39.4 Å². The van der Waals surface area contributed by atoms with Crippen LogP contribution in [0.1, 0.15) is 57.2 Å². The average Bonchev–Trinajstić information content (AvgIpc) is 2.87. The van der Waals surface area contributed by atoms with Crippen molar-refractivity contribution >= 4 is 0 Å². The Kier molecular flexibility index (Phi) is 4.63. The van der Waals surface area contributed by atoms with Crippen LogP contribution in [0.2, 0.25) is 0 Å². The lowest BCUT2D eigenvalue weighted by atomic mass is 9.75. The Hall–Kier alpha value is -0.870. The minimum absolute atomic E-state index is 0.121. The predicted molar refractivity (Wildman–Crippen MR) is 77.0 cm³/mol. The Bertz CT molecular complexity index is 394. The maximum Gasteiger partial charge on any atom is 0.114 e. The fraction of sp³-hybridized carbons (Fsp3) is 0.800. The molecule has 1 aromatic heterocycles. The molecule has 4 nitrogen and oxygen atoms in total. The zero-order valence-corrected chi connectivity index (χ0v) is 12.5. The van der Waals surface area contributed by atoms with Crippen molar-refractivity contribution < 1.29 is 5.11 Å². The first-order valence-electron chi connectivity index (χ1n) is 7.49. The van der Waals surface area contributed by atoms with E-state index < -0.39 is 6.10 Å². The lowest BCUT2D eigenvalue weighted by Crippen LogP contribution is -2.51. The standard InChI is InChI=1S/C15H27N3O/c1-4-12-18-13(8-11-16-18)14(19)15(17(2)3)9-6-5-7-10-15/h8,11,14,19H,4-7,9-10,12H2,1-3H3. The van der Waals surface area contributed by atoms with Crippen LogP contribution in [0, 0.1) is 0 Å². The van der Waals surface area contributed by atoms with Crippen molar-refractivity contribution in [3.05, 3.63) is 18.0 Å². The molecule has 1 heterocycles. The summed E-state index contributed by atoms with van der Waals surface area (Å²) in [5.41, 5.74) is 0.849. The van der Waals surface area contributed by atoms with Crippen molar-refractivity contribution in [2.45, 2.75) is 63.6 Å². The monoisotopic (exact) mass is 265 g/mol. The van der Waals surface area contributed by atoms with Crippen LogP contribution in [-0.4, -0.2) is 39.4 Å². The van der Waals surface area contributed by atoms with Crippen molar-refractivity contribution in [3.63, 3.8) is 0 Å². The smallest absolute Gasteiger partial charge is 0.114 e. The van der Waals surface area contributed by atoms with Crippen molar-refractivity contribution in [3.8, 4) is 0 Å². The molecule has 0 bridgehead atoms. The highest BCUT2D eigenvalue weighted by Gasteiger charge is 2.42. The second kappa shape index (κ2) is 6.06. The van der Waals surface area contributed by atoms with E-state index in [9.17, 15) is 5.11 Å². The molecule has 1 fully saturated rings. The number of aromatic nitrogens is 2. The van der Waals surface area contributed by atoms with Gasteiger partial charge in [0.1, 0.15) is 6.10 Å². The molecular weight excluding hydrogens is 238 g/mol. The van der Waals surface area contributed by atoms with E-state index in [1.807, 2.05) is 10.7 Å². The fourth-order valence-corrected chi connectivity index (χ4v) is 3.38. The van der Waals surface area contributed by atoms with Crippen LogP contribution in [0.15, 0.2) is 12.3 Å². The Morgan fingerprint density at radius 1 is 1.37 bits per heavy atom. The quantitative estimate of drug-likeness (QED) is 0.889. The topological polar surface area (TPSA) is 41.3 Å². The highest BCUT2D eigenvalue weighted by molar-refractivity contribution is 5.13. The Morgan fingerprint density at radius 3 is 2.63 bits per heavy atom. The van der Waals surface area contributed by atoms with Crippen LogP contribution >= 0.6 is 0 Å². The van der Waals surface area contributed by atoms with E-state index >= 15 is 0 Å². The van der Waals surface area contributed by atoms with Gasteiger partial charge >= 0.3 is 0 Å². The van der Waals surface area contributed by atoms with Crippen LogP contribution in [-0.2, 0) is 6.54 Å². The van der Waals surface area contributed by atoms with Gasteiger partial charge in [-0.25, -0.2) is 0 Å². The first-order chi connectivity index (χ1) is 9.12. The van der Waals surface area contributed by atoms with E-state index in [1.165, 1.54) is 19.3 Å². The van der Waals surface area contributed by atoms with Gasteiger partial charge in [0.05, 0.1) is 11.2 Å². The van der Waals surface area contributed by atoms with E-state index in [0.717, 1.165) is 31.5 Å². The summed E-state index contributed by atoms with van der Waals surface area (Å²) in [7, 11) is 4.18. The Balaban J connectivity index is 2.28. The average molecular weight is 265 g/mol. The van der Waals surface area contributed by atoms with Gasteiger partial charge in [-0.2, -0.15) is 5.10 Å². The normalized spacial score (nSPS) is 20.7. The highest BCUT2D eigenvalue weighted by Crippen LogP contribution is 2.41. The van der Waals surface area contributed by atoms with Crippen LogP contribution in [0.4, 0.5) is 0 Å². The van der Waals surface area contributed by atoms with Crippen LogP contribution in [0.3, 0.4) is 0 Å². The van der Waals surface area contributed by atoms with Gasteiger partial charge in [0.15, 0.2) is 0 Å². The van der Waals surface area contributed by atoms with Gasteiger partial charge in [0, 0.05) is 12.7 Å². The van der Waals surface area contributed by atoms with Gasteiger partial charge < -0.3 is 10.0 Å². The number of hydrogen-bond acceptors (Lipinski definition) is 3. The largest absolute Gasteiger partial charge is 0.385 e. The SMILES string of the molecule is CCCn1nccc1C(O)C1(N(C)C)CCCCC1. The van der Waals surface area contributed by atoms with Crippen LogP contribution < -0.4 is 0 Å². The lowest BCUT2D eigenvalue weighted by Gasteiger charge is -2.46. The van der Waals surface area contributed by atoms with E-state index in [2.05, 4.69) is 31.0 Å². The zero-order chi connectivity index (χ0) is 13.9. The maximum absolute atomic E-state index is 11.0. The molecule has 19 heavy (non-hydrogen) atoms. The Morgan fingerprint density at radius 2 is 2.05 bits per heavy atom. The number of aliphatic hydroxyl groups is 1. The Labute approximate surface area is 116 Å². The molecular formula is C15H27N3O. The van der Waals surface area contributed by atoms with Crippen molar-refractivity contribution in [2.24, 2.45) is 0 Å². The minimum atomic E-state index is -0.447. The molecule has 108 valence electrons. The molecule has 0 saturated heterocycles. The number of hydrogen-bond donors (Lipinski definition) is 1. The predicted octanol–water partition coefficient (Wildman–Crippen LogP) is 2.59. The molecule has 0 aromatic carbocycles. The van der Waals surface area contributed by atoms with Crippen LogP contribution in [0.25, 0.3) is 0 Å². The highest BCUT2D eigenvalue weighted by atomic mass is 16.3. The first kappa shape index (κ1) is 14.5. The fourth-order valence-electron chi connectivity index (χ4n) is 3.38. The maximum atomic E-state index is 11.0. The first-order valence-corrected chi connectivity index (χ1v) is 7.49. The molecule has 0 aliphatic heterocycles. The molecule has 1 atom stereocenters. The number of aliphatic hydroxyl groups excluding tert-OH is 1. The molecule has 1 N–H and O–H groups in total. The molecule has 1 saturated carbocycles. The summed E-state index contributed by atoms with van der Waals surface area (Å²) in [6.07, 6.45) is 8.23. The summed E-state index contributed by atoms with van der Waals surface area (Å²) in [4.78, 5) is 2.22. The van der Waals surface area contributed by atoms with Crippen molar-refractivity contribution in [1.82, 2.24) is 14.7 Å². The third kappa shape index (κ3) is 2.70. The summed E-state index contributed by atoms with van der Waals surface area (Å²) < 4.78 is 1.96. The number of rotatable bonds is 5. The molecule has 0 spiro atoms. The molecule has 1 aliphatic rings. The summed E-state index contributed by atoms with van der Waals surface area (Å²) in [6, 6.07) is 1.97. The second-order valence-electron chi connectivity index (χ2n) is 5.94. The second-order valence-corrected chi connectivity index (χ2v) is 5.94. The number of likely N-dealkylation sites (N-methyl/N-ethyl adjacent to an activating group) is 1. The molecule has 0 radical (unpaired) electrons. The molecule has 0 amide bonds. The summed E-state index contributed by atoms with van der Waals surface area (Å²) in [6.45, 7) is 3.02. The zero-order valence-electron chi connectivity index (χ0n) is 12.5. The molecule has 1 aromatic rings. The van der Waals surface area contributed by atoms with E-state index in [4.69, 9.17) is 0 Å². The number of nitrogens with zero attached hydrogens (tertiary/aromatic N) is 3. The molecule has 1 aliphatic carbocycles. The minimum Gasteiger partial charge on any atom is -0.385 e. The molecule has 2 rings (SSSR count). The van der Waals surface area contributed by atoms with Gasteiger partial charge in [0.2, 0.25) is 0 Å². The van der Waals surface area contributed by atoms with E-state index in [1.54, 1.807) is 6.20 Å². The number of aryl methyl sites for hydroxylation is 1. The lowest BCUT2D eigenvalue weighted by molar-refractivity contribution is -0.0379. The third-order valence-corrected chi connectivity index (χ3v) is 4.58. The van der Waals surface area contributed by atoms with Gasteiger partial charge in [0.25, 0.3) is 0 Å².